The van der Waals surface area contributed by atoms with E-state index >= 15 is 0 Å². The maximum atomic E-state index is 13.3. The molecule has 5 heteroatoms. The first kappa shape index (κ1) is 19.1. The quantitative estimate of drug-likeness (QED) is 0.826. The third kappa shape index (κ3) is 3.60. The van der Waals surface area contributed by atoms with Crippen molar-refractivity contribution in [2.75, 3.05) is 5.32 Å². The van der Waals surface area contributed by atoms with Crippen LogP contribution in [0.1, 0.15) is 43.7 Å². The van der Waals surface area contributed by atoms with E-state index in [9.17, 15) is 9.59 Å². The first-order valence-electron chi connectivity index (χ1n) is 9.97. The summed E-state index contributed by atoms with van der Waals surface area (Å²) in [6.07, 6.45) is 2.97. The number of ketones is 1. The summed E-state index contributed by atoms with van der Waals surface area (Å²) in [5.74, 6) is 0.291. The van der Waals surface area contributed by atoms with Gasteiger partial charge >= 0.3 is 0 Å². The fraction of sp³-hybridized carbons (Fsp3) is 0.292. The smallest absolute Gasteiger partial charge is 0.255 e. The van der Waals surface area contributed by atoms with Gasteiger partial charge < -0.3 is 10.6 Å². The second-order valence-corrected chi connectivity index (χ2v) is 7.95. The van der Waals surface area contributed by atoms with E-state index in [0.29, 0.717) is 23.7 Å². The Kier molecular flexibility index (Phi) is 5.05. The van der Waals surface area contributed by atoms with Gasteiger partial charge in [0.1, 0.15) is 5.82 Å². The number of allylic oxidation sites excluding steroid dienone is 3. The van der Waals surface area contributed by atoms with Crippen LogP contribution in [-0.2, 0) is 9.59 Å². The van der Waals surface area contributed by atoms with Crippen LogP contribution >= 0.6 is 0 Å². The third-order valence-electron chi connectivity index (χ3n) is 5.68. The van der Waals surface area contributed by atoms with Gasteiger partial charge in [-0.2, -0.15) is 0 Å². The topological polar surface area (TPSA) is 71.1 Å². The number of pyridine rings is 1. The normalized spacial score (nSPS) is 21.6. The van der Waals surface area contributed by atoms with Crippen molar-refractivity contribution in [1.82, 2.24) is 10.3 Å². The van der Waals surface area contributed by atoms with Crippen molar-refractivity contribution in [1.29, 1.82) is 0 Å². The first-order chi connectivity index (χ1) is 14.0. The molecule has 2 heterocycles. The van der Waals surface area contributed by atoms with Crippen LogP contribution in [0.3, 0.4) is 0 Å². The largest absolute Gasteiger partial charge is 0.362 e. The number of aryl methyl sites for hydroxylation is 1. The summed E-state index contributed by atoms with van der Waals surface area (Å²) in [5, 5.41) is 6.27. The zero-order chi connectivity index (χ0) is 20.5. The van der Waals surface area contributed by atoms with Crippen molar-refractivity contribution < 1.29 is 9.59 Å². The number of carbonyl (C=O) groups is 2. The number of amides is 1. The first-order valence-corrected chi connectivity index (χ1v) is 9.97. The molecule has 0 saturated carbocycles. The SMILES string of the molecule is CC1=C(C(=O)Nc2ccccn2)C(c2ccccc2C)C2=C(CC(C)CC2=O)N1. The van der Waals surface area contributed by atoms with Gasteiger partial charge in [-0.05, 0) is 49.4 Å². The Morgan fingerprint density at radius 3 is 2.59 bits per heavy atom. The summed E-state index contributed by atoms with van der Waals surface area (Å²) in [6, 6.07) is 13.4. The van der Waals surface area contributed by atoms with Crippen LogP contribution in [0.2, 0.25) is 0 Å². The Hall–Kier alpha value is -3.21. The van der Waals surface area contributed by atoms with Crippen molar-refractivity contribution in [2.45, 2.75) is 39.5 Å². The van der Waals surface area contributed by atoms with Gasteiger partial charge in [0, 0.05) is 41.1 Å². The number of Topliss-reactive ketones (excluding diaryl/α,β-unsaturated/α-hetero) is 1. The number of hydrogen-bond acceptors (Lipinski definition) is 4. The van der Waals surface area contributed by atoms with Crippen LogP contribution in [0, 0.1) is 12.8 Å². The number of dihydropyridines is 1. The molecule has 2 atom stereocenters. The van der Waals surface area contributed by atoms with Gasteiger partial charge in [-0.25, -0.2) is 4.98 Å². The molecule has 2 aromatic rings. The summed E-state index contributed by atoms with van der Waals surface area (Å²) in [5.41, 5.74) is 5.10. The van der Waals surface area contributed by atoms with E-state index in [1.165, 1.54) is 0 Å². The molecule has 148 valence electrons. The van der Waals surface area contributed by atoms with E-state index in [4.69, 9.17) is 0 Å². The fourth-order valence-corrected chi connectivity index (χ4v) is 4.38. The molecule has 0 radical (unpaired) electrons. The van der Waals surface area contributed by atoms with Crippen LogP contribution in [0.15, 0.2) is 71.2 Å². The molecule has 2 aliphatic rings. The third-order valence-corrected chi connectivity index (χ3v) is 5.68. The molecule has 4 rings (SSSR count). The maximum Gasteiger partial charge on any atom is 0.255 e. The van der Waals surface area contributed by atoms with Gasteiger partial charge in [-0.1, -0.05) is 37.3 Å². The second-order valence-electron chi connectivity index (χ2n) is 7.95. The zero-order valence-corrected chi connectivity index (χ0v) is 17.0. The summed E-state index contributed by atoms with van der Waals surface area (Å²) in [6.45, 7) is 6.03. The van der Waals surface area contributed by atoms with Gasteiger partial charge in [0.25, 0.3) is 5.91 Å². The molecule has 1 aliphatic carbocycles. The van der Waals surface area contributed by atoms with Gasteiger partial charge in [-0.3, -0.25) is 9.59 Å². The second kappa shape index (κ2) is 7.66. The van der Waals surface area contributed by atoms with Crippen LogP contribution in [0.25, 0.3) is 0 Å². The average Bonchev–Trinajstić information content (AvgIpc) is 2.67. The number of nitrogens with one attached hydrogen (secondary N) is 2. The molecular formula is C24H25N3O2. The van der Waals surface area contributed by atoms with Crippen LogP contribution in [0.4, 0.5) is 5.82 Å². The Morgan fingerprint density at radius 2 is 1.86 bits per heavy atom. The van der Waals surface area contributed by atoms with E-state index in [1.54, 1.807) is 18.3 Å². The number of anilines is 1. The highest BCUT2D eigenvalue weighted by Crippen LogP contribution is 2.44. The number of rotatable bonds is 3. The standard InChI is InChI=1S/C24H25N3O2/c1-14-12-18-23(19(28)13-14)22(17-9-5-4-8-15(17)2)21(16(3)26-18)24(29)27-20-10-6-7-11-25-20/h4-11,14,22,26H,12-13H2,1-3H3,(H,25,27,29). The molecule has 1 amide bonds. The van der Waals surface area contributed by atoms with E-state index in [-0.39, 0.29) is 17.6 Å². The zero-order valence-electron chi connectivity index (χ0n) is 17.0. The van der Waals surface area contributed by atoms with Gasteiger partial charge in [0.2, 0.25) is 0 Å². The molecule has 5 nitrogen and oxygen atoms in total. The molecule has 0 spiro atoms. The Balaban J connectivity index is 1.82. The molecule has 0 fully saturated rings. The van der Waals surface area contributed by atoms with Crippen LogP contribution in [0.5, 0.6) is 0 Å². The predicted molar refractivity (Wildman–Crippen MR) is 113 cm³/mol. The molecule has 2 unspecified atom stereocenters. The van der Waals surface area contributed by atoms with E-state index in [2.05, 4.69) is 22.5 Å². The van der Waals surface area contributed by atoms with E-state index in [0.717, 1.165) is 34.5 Å². The lowest BCUT2D eigenvalue weighted by atomic mass is 9.72. The van der Waals surface area contributed by atoms with Gasteiger partial charge in [-0.15, -0.1) is 0 Å². The lowest BCUT2D eigenvalue weighted by Crippen LogP contribution is -2.37. The summed E-state index contributed by atoms with van der Waals surface area (Å²) in [4.78, 5) is 30.6. The Labute approximate surface area is 170 Å². The van der Waals surface area contributed by atoms with Gasteiger partial charge in [0.15, 0.2) is 5.78 Å². The molecule has 1 aliphatic heterocycles. The lowest BCUT2D eigenvalue weighted by Gasteiger charge is -2.36. The van der Waals surface area contributed by atoms with Gasteiger partial charge in [0.05, 0.1) is 0 Å². The lowest BCUT2D eigenvalue weighted by molar-refractivity contribution is -0.117. The van der Waals surface area contributed by atoms with Crippen LogP contribution in [-0.4, -0.2) is 16.7 Å². The number of aromatic nitrogens is 1. The van der Waals surface area contributed by atoms with Crippen molar-refractivity contribution in [3.05, 3.63) is 82.3 Å². The number of benzene rings is 1. The molecule has 29 heavy (non-hydrogen) atoms. The average molecular weight is 387 g/mol. The maximum absolute atomic E-state index is 13.3. The molecule has 2 N–H and O–H groups in total. The summed E-state index contributed by atoms with van der Waals surface area (Å²) in [7, 11) is 0. The number of hydrogen-bond donors (Lipinski definition) is 2. The van der Waals surface area contributed by atoms with Crippen molar-refractivity contribution in [3.63, 3.8) is 0 Å². The highest BCUT2D eigenvalue weighted by Gasteiger charge is 2.40. The Bertz CT molecular complexity index is 1040. The van der Waals surface area contributed by atoms with Crippen molar-refractivity contribution in [2.24, 2.45) is 5.92 Å². The number of nitrogens with zero attached hydrogens (tertiary/aromatic N) is 1. The fourth-order valence-electron chi connectivity index (χ4n) is 4.38. The number of carbonyl (C=O) groups excluding carboxylic acids is 2. The predicted octanol–water partition coefficient (Wildman–Crippen LogP) is 4.24. The van der Waals surface area contributed by atoms with Crippen LogP contribution < -0.4 is 10.6 Å². The van der Waals surface area contributed by atoms with Crippen molar-refractivity contribution in [3.8, 4) is 0 Å². The minimum Gasteiger partial charge on any atom is -0.362 e. The monoisotopic (exact) mass is 387 g/mol. The van der Waals surface area contributed by atoms with E-state index < -0.39 is 0 Å². The molecular weight excluding hydrogens is 362 g/mol. The molecule has 0 bridgehead atoms. The van der Waals surface area contributed by atoms with E-state index in [1.807, 2.05) is 44.2 Å². The highest BCUT2D eigenvalue weighted by atomic mass is 16.2. The summed E-state index contributed by atoms with van der Waals surface area (Å²) < 4.78 is 0. The van der Waals surface area contributed by atoms with Crippen molar-refractivity contribution >= 4 is 17.5 Å². The molecule has 1 aromatic heterocycles. The molecule has 1 aromatic carbocycles. The highest BCUT2D eigenvalue weighted by molar-refractivity contribution is 6.09. The summed E-state index contributed by atoms with van der Waals surface area (Å²) >= 11 is 0. The minimum atomic E-state index is -0.379. The molecule has 0 saturated heterocycles. The Morgan fingerprint density at radius 1 is 1.10 bits per heavy atom. The minimum absolute atomic E-state index is 0.120.